The summed E-state index contributed by atoms with van der Waals surface area (Å²) in [6, 6.07) is 13.0. The Kier molecular flexibility index (Phi) is 5.35. The van der Waals surface area contributed by atoms with E-state index in [1.807, 2.05) is 36.5 Å². The second-order valence-electron chi connectivity index (χ2n) is 8.01. The van der Waals surface area contributed by atoms with E-state index in [-0.39, 0.29) is 6.10 Å². The normalized spacial score (nSPS) is 23.2. The van der Waals surface area contributed by atoms with E-state index in [0.717, 1.165) is 68.7 Å². The van der Waals surface area contributed by atoms with E-state index in [4.69, 9.17) is 13.9 Å². The van der Waals surface area contributed by atoms with Crippen molar-refractivity contribution < 1.29 is 13.9 Å². The molecule has 0 bridgehead atoms. The molecule has 152 valence electrons. The van der Waals surface area contributed by atoms with Crippen LogP contribution in [0.5, 0.6) is 5.88 Å². The topological polar surface area (TPSA) is 69.4 Å². The highest BCUT2D eigenvalue weighted by molar-refractivity contribution is 5.74. The van der Waals surface area contributed by atoms with Crippen LogP contribution in [0.1, 0.15) is 50.0 Å². The molecule has 5 rings (SSSR count). The molecule has 1 saturated carbocycles. The number of hydrogen-bond donors (Lipinski definition) is 1. The van der Waals surface area contributed by atoms with Crippen LogP contribution in [0.25, 0.3) is 11.1 Å². The lowest BCUT2D eigenvalue weighted by Gasteiger charge is -2.30. The summed E-state index contributed by atoms with van der Waals surface area (Å²) in [4.78, 5) is 9.08. The van der Waals surface area contributed by atoms with E-state index >= 15 is 0 Å². The van der Waals surface area contributed by atoms with Crippen LogP contribution in [-0.2, 0) is 4.74 Å². The van der Waals surface area contributed by atoms with Gasteiger partial charge in [-0.1, -0.05) is 18.2 Å². The minimum absolute atomic E-state index is 0.213. The van der Waals surface area contributed by atoms with Crippen molar-refractivity contribution in [2.24, 2.45) is 0 Å². The zero-order valence-corrected chi connectivity index (χ0v) is 16.5. The van der Waals surface area contributed by atoms with Gasteiger partial charge in [-0.2, -0.15) is 4.98 Å². The predicted molar refractivity (Wildman–Crippen MR) is 111 cm³/mol. The van der Waals surface area contributed by atoms with Gasteiger partial charge in [0.2, 0.25) is 5.88 Å². The van der Waals surface area contributed by atoms with Crippen molar-refractivity contribution in [2.75, 3.05) is 18.5 Å². The maximum atomic E-state index is 6.37. The van der Waals surface area contributed by atoms with E-state index in [1.165, 1.54) is 5.56 Å². The lowest BCUT2D eigenvalue weighted by atomic mass is 9.91. The van der Waals surface area contributed by atoms with Crippen LogP contribution in [0.3, 0.4) is 0 Å². The third kappa shape index (κ3) is 4.22. The van der Waals surface area contributed by atoms with Gasteiger partial charge in [0.25, 0.3) is 6.01 Å². The average molecular weight is 393 g/mol. The van der Waals surface area contributed by atoms with E-state index in [2.05, 4.69) is 21.4 Å². The second-order valence-corrected chi connectivity index (χ2v) is 8.01. The van der Waals surface area contributed by atoms with Gasteiger partial charge in [0, 0.05) is 31.0 Å². The Morgan fingerprint density at radius 1 is 0.931 bits per heavy atom. The molecule has 0 atom stereocenters. The van der Waals surface area contributed by atoms with Gasteiger partial charge in [-0.15, -0.1) is 0 Å². The molecule has 1 aliphatic carbocycles. The van der Waals surface area contributed by atoms with Gasteiger partial charge in [-0.25, -0.2) is 4.98 Å². The molecule has 1 aliphatic heterocycles. The van der Waals surface area contributed by atoms with Gasteiger partial charge in [0.15, 0.2) is 5.58 Å². The van der Waals surface area contributed by atoms with E-state index < -0.39 is 0 Å². The van der Waals surface area contributed by atoms with Crippen molar-refractivity contribution in [3.63, 3.8) is 0 Å². The first kappa shape index (κ1) is 18.4. The minimum Gasteiger partial charge on any atom is -0.474 e. The zero-order chi connectivity index (χ0) is 19.5. The number of para-hydroxylation sites is 2. The molecule has 1 saturated heterocycles. The van der Waals surface area contributed by atoms with Crippen molar-refractivity contribution in [1.82, 2.24) is 9.97 Å². The monoisotopic (exact) mass is 393 g/mol. The summed E-state index contributed by atoms with van der Waals surface area (Å²) >= 11 is 0. The number of fused-ring (bicyclic) bond motifs is 1. The molecule has 2 aromatic heterocycles. The third-order valence-electron chi connectivity index (χ3n) is 6.04. The Balaban J connectivity index is 1.18. The summed E-state index contributed by atoms with van der Waals surface area (Å²) in [7, 11) is 0. The maximum absolute atomic E-state index is 6.37. The number of nitrogens with one attached hydrogen (secondary N) is 1. The summed E-state index contributed by atoms with van der Waals surface area (Å²) in [6.45, 7) is 1.65. The van der Waals surface area contributed by atoms with Crippen LogP contribution in [0.2, 0.25) is 0 Å². The molecule has 0 unspecified atom stereocenters. The van der Waals surface area contributed by atoms with Crippen molar-refractivity contribution in [2.45, 2.75) is 56.6 Å². The Labute approximate surface area is 170 Å². The number of rotatable bonds is 5. The molecule has 3 aromatic rings. The molecule has 1 aromatic carbocycles. The van der Waals surface area contributed by atoms with Crippen molar-refractivity contribution >= 4 is 17.1 Å². The third-order valence-corrected chi connectivity index (χ3v) is 6.04. The van der Waals surface area contributed by atoms with Crippen molar-refractivity contribution in [3.8, 4) is 5.88 Å². The summed E-state index contributed by atoms with van der Waals surface area (Å²) in [5.41, 5.74) is 2.95. The van der Waals surface area contributed by atoms with E-state index in [0.29, 0.717) is 18.0 Å². The van der Waals surface area contributed by atoms with Gasteiger partial charge >= 0.3 is 0 Å². The standard InChI is InChI=1S/C23H27N3O3/c1-2-6-21-20(5-1)26-23(29-21)25-17-7-9-18(10-8-17)28-22-19(4-3-13-24-22)16-11-14-27-15-12-16/h1-6,13,16-18H,7-12,14-15H2,(H,25,26)/t17-,18-. The molecular formula is C23H27N3O3. The van der Waals surface area contributed by atoms with Gasteiger partial charge in [0.05, 0.1) is 0 Å². The van der Waals surface area contributed by atoms with Crippen LogP contribution in [0.4, 0.5) is 6.01 Å². The van der Waals surface area contributed by atoms with E-state index in [1.54, 1.807) is 0 Å². The fraction of sp³-hybridized carbons (Fsp3) is 0.478. The number of oxazole rings is 1. The molecule has 6 heteroatoms. The number of aromatic nitrogens is 2. The number of benzene rings is 1. The highest BCUT2D eigenvalue weighted by Gasteiger charge is 2.26. The van der Waals surface area contributed by atoms with E-state index in [9.17, 15) is 0 Å². The molecule has 29 heavy (non-hydrogen) atoms. The zero-order valence-electron chi connectivity index (χ0n) is 16.5. The maximum Gasteiger partial charge on any atom is 0.295 e. The lowest BCUT2D eigenvalue weighted by molar-refractivity contribution is 0.0829. The summed E-state index contributed by atoms with van der Waals surface area (Å²) < 4.78 is 17.7. The first-order valence-corrected chi connectivity index (χ1v) is 10.7. The smallest absolute Gasteiger partial charge is 0.295 e. The second kappa shape index (κ2) is 8.41. The minimum atomic E-state index is 0.213. The number of anilines is 1. The first-order valence-electron chi connectivity index (χ1n) is 10.7. The number of ether oxygens (including phenoxy) is 2. The SMILES string of the molecule is c1cnc(O[C@H]2CC[C@H](Nc3nc4ccccc4o3)CC2)c(C2CCOCC2)c1. The molecule has 0 spiro atoms. The fourth-order valence-corrected chi connectivity index (χ4v) is 4.41. The summed E-state index contributed by atoms with van der Waals surface area (Å²) in [5, 5.41) is 3.45. The molecule has 3 heterocycles. The summed E-state index contributed by atoms with van der Waals surface area (Å²) in [6.07, 6.45) is 8.20. The largest absolute Gasteiger partial charge is 0.474 e. The highest BCUT2D eigenvalue weighted by Crippen LogP contribution is 2.34. The number of hydrogen-bond acceptors (Lipinski definition) is 6. The molecular weight excluding hydrogens is 366 g/mol. The van der Waals surface area contributed by atoms with Crippen LogP contribution in [-0.4, -0.2) is 35.3 Å². The quantitative estimate of drug-likeness (QED) is 0.664. The predicted octanol–water partition coefficient (Wildman–Crippen LogP) is 4.92. The van der Waals surface area contributed by atoms with Crippen LogP contribution < -0.4 is 10.1 Å². The molecule has 2 fully saturated rings. The molecule has 0 radical (unpaired) electrons. The molecule has 6 nitrogen and oxygen atoms in total. The Morgan fingerprint density at radius 2 is 1.76 bits per heavy atom. The van der Waals surface area contributed by atoms with Gasteiger partial charge in [-0.05, 0) is 62.6 Å². The lowest BCUT2D eigenvalue weighted by Crippen LogP contribution is -2.31. The van der Waals surface area contributed by atoms with Crippen LogP contribution in [0, 0.1) is 0 Å². The average Bonchev–Trinajstić information content (AvgIpc) is 3.18. The first-order chi connectivity index (χ1) is 14.3. The fourth-order valence-electron chi connectivity index (χ4n) is 4.41. The van der Waals surface area contributed by atoms with Crippen molar-refractivity contribution in [3.05, 3.63) is 48.2 Å². The summed E-state index contributed by atoms with van der Waals surface area (Å²) in [5.74, 6) is 1.30. The number of pyridine rings is 1. The van der Waals surface area contributed by atoms with Gasteiger partial charge < -0.3 is 19.2 Å². The van der Waals surface area contributed by atoms with Crippen molar-refractivity contribution in [1.29, 1.82) is 0 Å². The molecule has 1 N–H and O–H groups in total. The number of nitrogens with zero attached hydrogens (tertiary/aromatic N) is 2. The molecule has 2 aliphatic rings. The molecule has 0 amide bonds. The van der Waals surface area contributed by atoms with Gasteiger partial charge in [0.1, 0.15) is 11.6 Å². The van der Waals surface area contributed by atoms with Crippen LogP contribution >= 0.6 is 0 Å². The Bertz CT molecular complexity index is 910. The Hall–Kier alpha value is -2.60. The van der Waals surface area contributed by atoms with Crippen LogP contribution in [0.15, 0.2) is 47.0 Å². The van der Waals surface area contributed by atoms with Gasteiger partial charge in [-0.3, -0.25) is 0 Å². The highest BCUT2D eigenvalue weighted by atomic mass is 16.5. The Morgan fingerprint density at radius 3 is 2.59 bits per heavy atom.